The van der Waals surface area contributed by atoms with Crippen LogP contribution in [-0.4, -0.2) is 52.6 Å². The fraction of sp³-hybridized carbons (Fsp3) is 0.250. The van der Waals surface area contributed by atoms with Crippen molar-refractivity contribution in [3.63, 3.8) is 0 Å². The summed E-state index contributed by atoms with van der Waals surface area (Å²) < 4.78 is 11.9. The predicted octanol–water partition coefficient (Wildman–Crippen LogP) is 1.05. The van der Waals surface area contributed by atoms with Crippen molar-refractivity contribution in [3.05, 3.63) is 64.7 Å². The molecule has 29 heavy (non-hydrogen) atoms. The number of aliphatic hydroxyl groups is 1. The number of nitrogens with one attached hydrogen (secondary N) is 2. The maximum absolute atomic E-state index is 12.4. The van der Waals surface area contributed by atoms with Crippen molar-refractivity contribution in [3.8, 4) is 22.8 Å². The van der Waals surface area contributed by atoms with E-state index in [1.54, 1.807) is 56.8 Å². The summed E-state index contributed by atoms with van der Waals surface area (Å²) in [5.74, 6) is 0.798. The summed E-state index contributed by atoms with van der Waals surface area (Å²) in [6.07, 6.45) is 0.663. The van der Waals surface area contributed by atoms with Crippen LogP contribution in [0.25, 0.3) is 11.3 Å². The van der Waals surface area contributed by atoms with Gasteiger partial charge >= 0.3 is 0 Å². The van der Waals surface area contributed by atoms with E-state index in [2.05, 4.69) is 15.5 Å². The number of rotatable bonds is 8. The van der Waals surface area contributed by atoms with Crippen LogP contribution in [0.4, 0.5) is 0 Å². The third-order valence-electron chi connectivity index (χ3n) is 4.31. The first-order valence-corrected chi connectivity index (χ1v) is 8.91. The van der Waals surface area contributed by atoms with E-state index in [0.717, 1.165) is 0 Å². The monoisotopic (exact) mass is 398 g/mol. The van der Waals surface area contributed by atoms with Crippen LogP contribution in [0.15, 0.2) is 53.5 Å². The number of hydrogen-bond donors (Lipinski definition) is 3. The van der Waals surface area contributed by atoms with Gasteiger partial charge < -0.3 is 24.5 Å². The van der Waals surface area contributed by atoms with Crippen molar-refractivity contribution in [2.45, 2.75) is 12.6 Å². The summed E-state index contributed by atoms with van der Waals surface area (Å²) in [5, 5.41) is 19.6. The first-order chi connectivity index (χ1) is 14.0. The van der Waals surface area contributed by atoms with E-state index in [9.17, 15) is 14.7 Å². The molecule has 0 saturated carbocycles. The van der Waals surface area contributed by atoms with Gasteiger partial charge in [0, 0.05) is 24.4 Å². The number of carbonyl (C=O) groups is 1. The van der Waals surface area contributed by atoms with Crippen molar-refractivity contribution in [2.75, 3.05) is 20.8 Å². The minimum absolute atomic E-state index is 0.0169. The van der Waals surface area contributed by atoms with E-state index in [1.165, 1.54) is 10.6 Å². The maximum atomic E-state index is 12.4. The molecule has 1 amide bonds. The average molecular weight is 398 g/mol. The van der Waals surface area contributed by atoms with Gasteiger partial charge in [-0.2, -0.15) is 5.10 Å². The third-order valence-corrected chi connectivity index (χ3v) is 4.31. The zero-order valence-corrected chi connectivity index (χ0v) is 16.1. The van der Waals surface area contributed by atoms with Gasteiger partial charge in [0.2, 0.25) is 0 Å². The standard InChI is InChI=1S/C20H22N4O5/c1-28-14-6-7-18(29-2)15(9-14)16-10-17(23-22-16)20(27)21-11-13(25)12-24-8-4-3-5-19(24)26/h3-10,13,25H,11-12H2,1-2H3,(H,21,27)(H,22,23). The lowest BCUT2D eigenvalue weighted by molar-refractivity contribution is 0.0898. The van der Waals surface area contributed by atoms with Gasteiger partial charge in [0.1, 0.15) is 17.2 Å². The second kappa shape index (κ2) is 9.07. The van der Waals surface area contributed by atoms with Gasteiger partial charge in [-0.3, -0.25) is 14.7 Å². The lowest BCUT2D eigenvalue weighted by atomic mass is 10.1. The molecule has 3 N–H and O–H groups in total. The maximum Gasteiger partial charge on any atom is 0.269 e. The minimum atomic E-state index is -0.917. The molecule has 0 bridgehead atoms. The van der Waals surface area contributed by atoms with E-state index < -0.39 is 12.0 Å². The smallest absolute Gasteiger partial charge is 0.269 e. The number of aromatic amines is 1. The van der Waals surface area contributed by atoms with Gasteiger partial charge in [-0.05, 0) is 30.3 Å². The van der Waals surface area contributed by atoms with Crippen LogP contribution in [0.5, 0.6) is 11.5 Å². The van der Waals surface area contributed by atoms with Crippen LogP contribution >= 0.6 is 0 Å². The molecular formula is C20H22N4O5. The van der Waals surface area contributed by atoms with E-state index in [-0.39, 0.29) is 24.3 Å². The molecule has 2 aromatic heterocycles. The van der Waals surface area contributed by atoms with Crippen LogP contribution < -0.4 is 20.3 Å². The number of pyridine rings is 1. The van der Waals surface area contributed by atoms with Crippen molar-refractivity contribution < 1.29 is 19.4 Å². The Morgan fingerprint density at radius 1 is 1.24 bits per heavy atom. The Balaban J connectivity index is 1.65. The summed E-state index contributed by atoms with van der Waals surface area (Å²) in [6.45, 7) is 0.0617. The molecule has 1 aromatic carbocycles. The summed E-state index contributed by atoms with van der Waals surface area (Å²) >= 11 is 0. The molecular weight excluding hydrogens is 376 g/mol. The Kier molecular flexibility index (Phi) is 6.30. The molecule has 0 spiro atoms. The summed E-state index contributed by atoms with van der Waals surface area (Å²) in [4.78, 5) is 24.1. The molecule has 0 aliphatic rings. The molecule has 3 rings (SSSR count). The topological polar surface area (TPSA) is 118 Å². The first kappa shape index (κ1) is 20.2. The zero-order valence-electron chi connectivity index (χ0n) is 16.1. The number of methoxy groups -OCH3 is 2. The second-order valence-corrected chi connectivity index (χ2v) is 6.29. The molecule has 3 aromatic rings. The third kappa shape index (κ3) is 4.82. The van der Waals surface area contributed by atoms with Crippen molar-refractivity contribution >= 4 is 5.91 Å². The van der Waals surface area contributed by atoms with Gasteiger partial charge in [0.25, 0.3) is 11.5 Å². The highest BCUT2D eigenvalue weighted by Crippen LogP contribution is 2.32. The number of benzene rings is 1. The average Bonchev–Trinajstić information content (AvgIpc) is 3.23. The highest BCUT2D eigenvalue weighted by Gasteiger charge is 2.16. The van der Waals surface area contributed by atoms with Crippen LogP contribution in [0.1, 0.15) is 10.5 Å². The molecule has 0 fully saturated rings. The van der Waals surface area contributed by atoms with Gasteiger partial charge in [0.15, 0.2) is 0 Å². The van der Waals surface area contributed by atoms with Crippen molar-refractivity contribution in [1.82, 2.24) is 20.1 Å². The number of carbonyl (C=O) groups excluding carboxylic acids is 1. The number of amides is 1. The molecule has 1 unspecified atom stereocenters. The number of nitrogens with zero attached hydrogens (tertiary/aromatic N) is 2. The van der Waals surface area contributed by atoms with Crippen LogP contribution in [0.2, 0.25) is 0 Å². The van der Waals surface area contributed by atoms with Gasteiger partial charge in [-0.15, -0.1) is 0 Å². The Morgan fingerprint density at radius 2 is 2.07 bits per heavy atom. The fourth-order valence-corrected chi connectivity index (χ4v) is 2.80. The van der Waals surface area contributed by atoms with Gasteiger partial charge in [-0.25, -0.2) is 0 Å². The molecule has 9 heteroatoms. The SMILES string of the molecule is COc1ccc(OC)c(-c2cc(C(=O)NCC(O)Cn3ccccc3=O)[nH]n2)c1. The lowest BCUT2D eigenvalue weighted by Gasteiger charge is -2.13. The summed E-state index contributed by atoms with van der Waals surface area (Å²) in [6, 6.07) is 11.6. The number of ether oxygens (including phenoxy) is 2. The zero-order chi connectivity index (χ0) is 20.8. The minimum Gasteiger partial charge on any atom is -0.497 e. The first-order valence-electron chi connectivity index (χ1n) is 8.91. The molecule has 9 nitrogen and oxygen atoms in total. The molecule has 0 radical (unpaired) electrons. The quantitative estimate of drug-likeness (QED) is 0.522. The van der Waals surface area contributed by atoms with E-state index in [1.807, 2.05) is 0 Å². The molecule has 1 atom stereocenters. The van der Waals surface area contributed by atoms with Gasteiger partial charge in [0.05, 0.1) is 32.6 Å². The van der Waals surface area contributed by atoms with Crippen LogP contribution in [-0.2, 0) is 6.54 Å². The Hall–Kier alpha value is -3.59. The van der Waals surface area contributed by atoms with Crippen molar-refractivity contribution in [2.24, 2.45) is 0 Å². The van der Waals surface area contributed by atoms with Crippen LogP contribution in [0.3, 0.4) is 0 Å². The van der Waals surface area contributed by atoms with E-state index >= 15 is 0 Å². The van der Waals surface area contributed by atoms with Crippen molar-refractivity contribution in [1.29, 1.82) is 0 Å². The second-order valence-electron chi connectivity index (χ2n) is 6.29. The van der Waals surface area contributed by atoms with E-state index in [4.69, 9.17) is 9.47 Å². The molecule has 0 aliphatic heterocycles. The summed E-state index contributed by atoms with van der Waals surface area (Å²) in [7, 11) is 3.11. The number of aliphatic hydroxyl groups excluding tert-OH is 1. The number of aromatic nitrogens is 3. The molecule has 0 aliphatic carbocycles. The lowest BCUT2D eigenvalue weighted by Crippen LogP contribution is -2.36. The Bertz CT molecular complexity index is 1040. The molecule has 152 valence electrons. The Labute approximate surface area is 166 Å². The highest BCUT2D eigenvalue weighted by atomic mass is 16.5. The largest absolute Gasteiger partial charge is 0.497 e. The number of H-pyrrole nitrogens is 1. The normalized spacial score (nSPS) is 11.7. The number of hydrogen-bond acceptors (Lipinski definition) is 6. The summed E-state index contributed by atoms with van der Waals surface area (Å²) in [5.41, 5.74) is 1.20. The van der Waals surface area contributed by atoms with Gasteiger partial charge in [-0.1, -0.05) is 6.07 Å². The molecule has 2 heterocycles. The highest BCUT2D eigenvalue weighted by molar-refractivity contribution is 5.93. The fourth-order valence-electron chi connectivity index (χ4n) is 2.80. The molecule has 0 saturated heterocycles. The predicted molar refractivity (Wildman–Crippen MR) is 106 cm³/mol. The van der Waals surface area contributed by atoms with E-state index in [0.29, 0.717) is 22.8 Å². The Morgan fingerprint density at radius 3 is 2.79 bits per heavy atom. The van der Waals surface area contributed by atoms with Crippen LogP contribution in [0, 0.1) is 0 Å².